The molecule has 1 aromatic carbocycles. The molecule has 3 atom stereocenters. The monoisotopic (exact) mass is 309 g/mol. The van der Waals surface area contributed by atoms with E-state index < -0.39 is 0 Å². The summed E-state index contributed by atoms with van der Waals surface area (Å²) in [4.78, 5) is 0. The molecule has 1 fully saturated rings. The predicted molar refractivity (Wildman–Crippen MR) is 81.5 cm³/mol. The summed E-state index contributed by atoms with van der Waals surface area (Å²) in [6.07, 6.45) is 6.67. The smallest absolute Gasteiger partial charge is 0.0329 e. The highest BCUT2D eigenvalue weighted by molar-refractivity contribution is 9.10. The maximum absolute atomic E-state index is 6.58. The lowest BCUT2D eigenvalue weighted by Crippen LogP contribution is -2.30. The maximum Gasteiger partial charge on any atom is 0.0329 e. The molecule has 3 unspecified atom stereocenters. The number of halogens is 1. The molecule has 1 aliphatic rings. The van der Waals surface area contributed by atoms with Crippen LogP contribution in [0.5, 0.6) is 0 Å². The van der Waals surface area contributed by atoms with Crippen molar-refractivity contribution in [3.8, 4) is 0 Å². The van der Waals surface area contributed by atoms with Gasteiger partial charge in [-0.1, -0.05) is 54.6 Å². The Labute approximate surface area is 119 Å². The SMILES string of the molecule is CCC1CCCCC1C(N)c1cc(Br)ccc1C. The van der Waals surface area contributed by atoms with E-state index in [1.807, 2.05) is 0 Å². The lowest BCUT2D eigenvalue weighted by atomic mass is 9.72. The van der Waals surface area contributed by atoms with Crippen LogP contribution < -0.4 is 5.73 Å². The van der Waals surface area contributed by atoms with Crippen molar-refractivity contribution in [2.45, 2.75) is 52.0 Å². The van der Waals surface area contributed by atoms with E-state index in [0.29, 0.717) is 5.92 Å². The van der Waals surface area contributed by atoms with Gasteiger partial charge in [0, 0.05) is 10.5 Å². The second-order valence-electron chi connectivity index (χ2n) is 5.64. The van der Waals surface area contributed by atoms with Crippen molar-refractivity contribution in [2.24, 2.45) is 17.6 Å². The van der Waals surface area contributed by atoms with Crippen molar-refractivity contribution in [1.29, 1.82) is 0 Å². The topological polar surface area (TPSA) is 26.0 Å². The molecule has 0 spiro atoms. The van der Waals surface area contributed by atoms with Gasteiger partial charge in [0.1, 0.15) is 0 Å². The number of hydrogen-bond acceptors (Lipinski definition) is 1. The first-order valence-corrected chi connectivity index (χ1v) is 7.94. The minimum absolute atomic E-state index is 0.202. The standard InChI is InChI=1S/C16H24BrN/c1-3-12-6-4-5-7-14(12)16(18)15-10-13(17)9-8-11(15)2/h8-10,12,14,16H,3-7,18H2,1-2H3. The fourth-order valence-electron chi connectivity index (χ4n) is 3.42. The molecule has 0 bridgehead atoms. The lowest BCUT2D eigenvalue weighted by molar-refractivity contribution is 0.196. The van der Waals surface area contributed by atoms with E-state index >= 15 is 0 Å². The van der Waals surface area contributed by atoms with Crippen LogP contribution in [0.2, 0.25) is 0 Å². The van der Waals surface area contributed by atoms with E-state index in [1.165, 1.54) is 43.2 Å². The maximum atomic E-state index is 6.58. The molecule has 18 heavy (non-hydrogen) atoms. The van der Waals surface area contributed by atoms with E-state index in [9.17, 15) is 0 Å². The Hall–Kier alpha value is -0.340. The molecule has 0 radical (unpaired) electrons. The highest BCUT2D eigenvalue weighted by atomic mass is 79.9. The fraction of sp³-hybridized carbons (Fsp3) is 0.625. The third-order valence-corrected chi connectivity index (χ3v) is 5.05. The molecule has 2 N–H and O–H groups in total. The summed E-state index contributed by atoms with van der Waals surface area (Å²) in [6, 6.07) is 6.68. The van der Waals surface area contributed by atoms with E-state index in [2.05, 4.69) is 48.0 Å². The van der Waals surface area contributed by atoms with Gasteiger partial charge in [-0.05, 0) is 48.4 Å². The number of hydrogen-bond donors (Lipinski definition) is 1. The van der Waals surface area contributed by atoms with E-state index in [4.69, 9.17) is 5.73 Å². The number of nitrogens with two attached hydrogens (primary N) is 1. The molecule has 0 heterocycles. The molecule has 1 aromatic rings. The van der Waals surface area contributed by atoms with Crippen molar-refractivity contribution in [3.05, 3.63) is 33.8 Å². The first-order chi connectivity index (χ1) is 8.63. The Kier molecular flexibility index (Phi) is 4.85. The molecule has 2 heteroatoms. The zero-order valence-corrected chi connectivity index (χ0v) is 13.0. The van der Waals surface area contributed by atoms with Crippen LogP contribution in [-0.4, -0.2) is 0 Å². The normalized spacial score (nSPS) is 26.0. The van der Waals surface area contributed by atoms with Crippen LogP contribution in [0.15, 0.2) is 22.7 Å². The van der Waals surface area contributed by atoms with Crippen molar-refractivity contribution in [1.82, 2.24) is 0 Å². The summed E-state index contributed by atoms with van der Waals surface area (Å²) in [5.74, 6) is 1.48. The minimum atomic E-state index is 0.202. The second-order valence-corrected chi connectivity index (χ2v) is 6.56. The van der Waals surface area contributed by atoms with Gasteiger partial charge < -0.3 is 5.73 Å². The van der Waals surface area contributed by atoms with E-state index in [0.717, 1.165) is 10.4 Å². The molecule has 0 aromatic heterocycles. The van der Waals surface area contributed by atoms with Gasteiger partial charge in [0.15, 0.2) is 0 Å². The molecule has 0 aliphatic heterocycles. The van der Waals surface area contributed by atoms with Gasteiger partial charge in [-0.2, -0.15) is 0 Å². The van der Waals surface area contributed by atoms with Crippen LogP contribution >= 0.6 is 15.9 Å². The van der Waals surface area contributed by atoms with Crippen molar-refractivity contribution in [2.75, 3.05) is 0 Å². The number of aryl methyl sites for hydroxylation is 1. The summed E-state index contributed by atoms with van der Waals surface area (Å²) < 4.78 is 1.14. The minimum Gasteiger partial charge on any atom is -0.324 e. The third-order valence-electron chi connectivity index (χ3n) is 4.55. The zero-order valence-electron chi connectivity index (χ0n) is 11.5. The molecular weight excluding hydrogens is 286 g/mol. The summed E-state index contributed by atoms with van der Waals surface area (Å²) in [5, 5.41) is 0. The largest absolute Gasteiger partial charge is 0.324 e. The van der Waals surface area contributed by atoms with Gasteiger partial charge >= 0.3 is 0 Å². The predicted octanol–water partition coefficient (Wildman–Crippen LogP) is 4.97. The Bertz CT molecular complexity index is 402. The molecule has 1 nitrogen and oxygen atoms in total. The molecule has 2 rings (SSSR count). The van der Waals surface area contributed by atoms with Crippen LogP contribution in [0.4, 0.5) is 0 Å². The summed E-state index contributed by atoms with van der Waals surface area (Å²) in [6.45, 7) is 4.48. The summed E-state index contributed by atoms with van der Waals surface area (Å²) in [5.41, 5.74) is 9.24. The number of benzene rings is 1. The summed E-state index contributed by atoms with van der Waals surface area (Å²) in [7, 11) is 0. The van der Waals surface area contributed by atoms with Crippen molar-refractivity contribution in [3.63, 3.8) is 0 Å². The molecule has 0 amide bonds. The fourth-order valence-corrected chi connectivity index (χ4v) is 3.80. The zero-order chi connectivity index (χ0) is 13.1. The Balaban J connectivity index is 2.23. The van der Waals surface area contributed by atoms with Crippen LogP contribution in [-0.2, 0) is 0 Å². The highest BCUT2D eigenvalue weighted by Gasteiger charge is 2.30. The van der Waals surface area contributed by atoms with Crippen LogP contribution in [0, 0.1) is 18.8 Å². The van der Waals surface area contributed by atoms with Crippen LogP contribution in [0.1, 0.15) is 56.2 Å². The summed E-state index contributed by atoms with van der Waals surface area (Å²) >= 11 is 3.57. The molecule has 1 saturated carbocycles. The van der Waals surface area contributed by atoms with E-state index in [-0.39, 0.29) is 6.04 Å². The average molecular weight is 310 g/mol. The van der Waals surface area contributed by atoms with Gasteiger partial charge in [-0.3, -0.25) is 0 Å². The number of rotatable bonds is 3. The van der Waals surface area contributed by atoms with Gasteiger partial charge in [0.2, 0.25) is 0 Å². The average Bonchev–Trinajstić information content (AvgIpc) is 2.40. The van der Waals surface area contributed by atoms with Gasteiger partial charge in [0.05, 0.1) is 0 Å². The van der Waals surface area contributed by atoms with Gasteiger partial charge in [-0.15, -0.1) is 0 Å². The molecule has 0 saturated heterocycles. The first-order valence-electron chi connectivity index (χ1n) is 7.15. The van der Waals surface area contributed by atoms with Crippen molar-refractivity contribution >= 4 is 15.9 Å². The quantitative estimate of drug-likeness (QED) is 0.837. The van der Waals surface area contributed by atoms with Crippen LogP contribution in [0.3, 0.4) is 0 Å². The van der Waals surface area contributed by atoms with Gasteiger partial charge in [-0.25, -0.2) is 0 Å². The third kappa shape index (κ3) is 2.97. The Morgan fingerprint density at radius 3 is 2.78 bits per heavy atom. The Morgan fingerprint density at radius 1 is 1.33 bits per heavy atom. The lowest BCUT2D eigenvalue weighted by Gasteiger charge is -2.36. The van der Waals surface area contributed by atoms with Crippen LogP contribution in [0.25, 0.3) is 0 Å². The van der Waals surface area contributed by atoms with Crippen molar-refractivity contribution < 1.29 is 0 Å². The second kappa shape index (κ2) is 6.21. The molecular formula is C16H24BrN. The highest BCUT2D eigenvalue weighted by Crippen LogP contribution is 2.40. The van der Waals surface area contributed by atoms with E-state index in [1.54, 1.807) is 0 Å². The van der Waals surface area contributed by atoms with Gasteiger partial charge in [0.25, 0.3) is 0 Å². The first kappa shape index (κ1) is 14.1. The molecule has 1 aliphatic carbocycles. The molecule has 100 valence electrons. The Morgan fingerprint density at radius 2 is 2.06 bits per heavy atom.